The average Bonchev–Trinajstić information content (AvgIpc) is 3.46. The first-order valence-corrected chi connectivity index (χ1v) is 24.5. The van der Waals surface area contributed by atoms with Gasteiger partial charge in [0.15, 0.2) is 0 Å². The number of hydrogen-bond donors (Lipinski definition) is 0. The molecule has 4 aromatic carbocycles. The zero-order valence-corrected chi connectivity index (χ0v) is 29.1. The Hall–Kier alpha value is -1.70. The summed E-state index contributed by atoms with van der Waals surface area (Å²) in [6.07, 6.45) is 2.47. The maximum atomic E-state index is 7.87. The summed E-state index contributed by atoms with van der Waals surface area (Å²) in [6, 6.07) is 27.3. The van der Waals surface area contributed by atoms with E-state index in [9.17, 15) is 0 Å². The fraction of sp³-hybridized carbons (Fsp3) is 0.257. The van der Waals surface area contributed by atoms with Crippen molar-refractivity contribution < 1.29 is 17.9 Å². The van der Waals surface area contributed by atoms with Gasteiger partial charge in [-0.05, 0) is 0 Å². The van der Waals surface area contributed by atoms with Crippen molar-refractivity contribution in [3.63, 3.8) is 0 Å². The van der Waals surface area contributed by atoms with Crippen molar-refractivity contribution in [1.82, 2.24) is 0 Å². The minimum atomic E-state index is -3.99. The molecule has 1 unspecified atom stereocenters. The topological polar surface area (TPSA) is 0 Å². The predicted molar refractivity (Wildman–Crippen MR) is 172 cm³/mol. The third kappa shape index (κ3) is 4.61. The van der Waals surface area contributed by atoms with Gasteiger partial charge < -0.3 is 0 Å². The molecule has 0 amide bonds. The Morgan fingerprint density at radius 1 is 0.769 bits per heavy atom. The predicted octanol–water partition coefficient (Wildman–Crippen LogP) is 8.07. The van der Waals surface area contributed by atoms with E-state index in [0.717, 1.165) is 0 Å². The number of benzene rings is 4. The van der Waals surface area contributed by atoms with Crippen LogP contribution in [0.3, 0.4) is 0 Å². The van der Waals surface area contributed by atoms with Gasteiger partial charge in [0.05, 0.1) is 0 Å². The van der Waals surface area contributed by atoms with Gasteiger partial charge in [0.1, 0.15) is 0 Å². The van der Waals surface area contributed by atoms with Crippen LogP contribution in [-0.4, -0.2) is 9.52 Å². The fourth-order valence-corrected chi connectivity index (χ4v) is 24.0. The van der Waals surface area contributed by atoms with Crippen LogP contribution in [0.25, 0.3) is 28.3 Å². The molecule has 1 aliphatic carbocycles. The summed E-state index contributed by atoms with van der Waals surface area (Å²) < 4.78 is 1.41. The van der Waals surface area contributed by atoms with Crippen LogP contribution in [0.2, 0.25) is 0 Å². The Morgan fingerprint density at radius 3 is 2.15 bits per heavy atom. The number of allylic oxidation sites excluding steroid dienone is 1. The molecule has 1 atom stereocenters. The summed E-state index contributed by atoms with van der Waals surface area (Å²) in [4.78, 5) is 0. The van der Waals surface area contributed by atoms with Crippen LogP contribution in [0.15, 0.2) is 78.4 Å². The number of rotatable bonds is 5. The second-order valence-electron chi connectivity index (χ2n) is 12.1. The normalized spacial score (nSPS) is 16.6. The summed E-state index contributed by atoms with van der Waals surface area (Å²) in [6.45, 7) is 13.6. The van der Waals surface area contributed by atoms with E-state index < -0.39 is 27.4 Å². The Balaban J connectivity index is 1.57. The molecular formula is C35H36Cl2SiZr. The summed E-state index contributed by atoms with van der Waals surface area (Å²) >= 11 is -3.99. The molecule has 198 valence electrons. The molecule has 0 bridgehead atoms. The van der Waals surface area contributed by atoms with Crippen LogP contribution < -0.4 is 13.6 Å². The van der Waals surface area contributed by atoms with Gasteiger partial charge in [-0.25, -0.2) is 0 Å². The Kier molecular flexibility index (Phi) is 7.25. The number of halogens is 2. The Bertz CT molecular complexity index is 1630. The van der Waals surface area contributed by atoms with Gasteiger partial charge in [0.2, 0.25) is 0 Å². The van der Waals surface area contributed by atoms with Gasteiger partial charge in [-0.15, -0.1) is 0 Å². The molecule has 1 heterocycles. The van der Waals surface area contributed by atoms with Crippen LogP contribution in [0, 0.1) is 19.8 Å². The number of hydrogen-bond acceptors (Lipinski definition) is 0. The van der Waals surface area contributed by atoms with Crippen LogP contribution in [0.1, 0.15) is 65.1 Å². The van der Waals surface area contributed by atoms with E-state index >= 15 is 0 Å². The first-order valence-electron chi connectivity index (χ1n) is 14.1. The monoisotopic (exact) mass is 644 g/mol. The molecule has 39 heavy (non-hydrogen) atoms. The molecule has 0 aromatic heterocycles. The van der Waals surface area contributed by atoms with Gasteiger partial charge in [-0.3, -0.25) is 0 Å². The Labute approximate surface area is 247 Å². The zero-order valence-electron chi connectivity index (χ0n) is 23.7. The second kappa shape index (κ2) is 10.3. The number of fused-ring (bicyclic) bond motifs is 4. The van der Waals surface area contributed by atoms with Crippen molar-refractivity contribution in [2.24, 2.45) is 5.92 Å². The molecule has 2 aliphatic rings. The molecule has 4 aromatic rings. The summed E-state index contributed by atoms with van der Waals surface area (Å²) in [5, 5.41) is 3.00. The SMILES string of the molecule is Cc1cc(C)cc(-c2c(C(C)C)ccc3c2C=C(C(C)C)[CH]3[Zr]([Cl])([Cl])[c]2cccc3c2[SiH2]c2ccccc2-3)c1. The van der Waals surface area contributed by atoms with Gasteiger partial charge >= 0.3 is 250 Å². The van der Waals surface area contributed by atoms with E-state index in [1.54, 1.807) is 0 Å². The fourth-order valence-electron chi connectivity index (χ4n) is 6.94. The summed E-state index contributed by atoms with van der Waals surface area (Å²) in [5.41, 5.74) is 13.5. The van der Waals surface area contributed by atoms with Crippen LogP contribution >= 0.6 is 17.0 Å². The molecule has 0 saturated heterocycles. The molecule has 0 saturated carbocycles. The Morgan fingerprint density at radius 2 is 1.46 bits per heavy atom. The number of aryl methyl sites for hydroxylation is 2. The van der Waals surface area contributed by atoms with Gasteiger partial charge in [-0.1, -0.05) is 0 Å². The summed E-state index contributed by atoms with van der Waals surface area (Å²) in [7, 11) is 15.1. The van der Waals surface area contributed by atoms with Crippen LogP contribution in [0.5, 0.6) is 0 Å². The summed E-state index contributed by atoms with van der Waals surface area (Å²) in [5.74, 6) is 0.792. The quantitative estimate of drug-likeness (QED) is 0.170. The molecule has 0 nitrogen and oxygen atoms in total. The van der Waals surface area contributed by atoms with E-state index in [-0.39, 0.29) is 3.63 Å². The van der Waals surface area contributed by atoms with Crippen molar-refractivity contribution in [3.05, 3.63) is 106 Å². The van der Waals surface area contributed by atoms with Crippen molar-refractivity contribution in [2.45, 2.75) is 51.1 Å². The molecule has 4 heteroatoms. The first-order chi connectivity index (χ1) is 18.6. The second-order valence-corrected chi connectivity index (χ2v) is 27.9. The minimum absolute atomic E-state index is 0.104. The van der Waals surface area contributed by atoms with Crippen molar-refractivity contribution in [3.8, 4) is 22.3 Å². The molecular weight excluding hydrogens is 611 g/mol. The van der Waals surface area contributed by atoms with Gasteiger partial charge in [0.25, 0.3) is 0 Å². The van der Waals surface area contributed by atoms with Crippen molar-refractivity contribution >= 4 is 46.3 Å². The van der Waals surface area contributed by atoms with E-state index in [1.165, 1.54) is 69.3 Å². The van der Waals surface area contributed by atoms with Crippen molar-refractivity contribution in [1.29, 1.82) is 0 Å². The maximum absolute atomic E-state index is 7.87. The standard InChI is InChI=1S/C23H27.C12H9Si.2ClH.Zr/c1-14(2)19-12-18-7-8-21(15(3)4)23(22(18)13-19)20-10-16(5)9-17(6)11-20;1-3-7-11-9(5-1)10-6-2-4-8-12(10)13-11;;;/h7-15H,1-6H3;1-7H,13H2;2*1H;/q;;;;+2/p-2. The average molecular weight is 647 g/mol. The first kappa shape index (κ1) is 27.5. The van der Waals surface area contributed by atoms with E-state index in [1.807, 2.05) is 0 Å². The van der Waals surface area contributed by atoms with E-state index in [4.69, 9.17) is 17.0 Å². The zero-order chi connectivity index (χ0) is 27.6. The van der Waals surface area contributed by atoms with Gasteiger partial charge in [0, 0.05) is 0 Å². The van der Waals surface area contributed by atoms with Gasteiger partial charge in [-0.2, -0.15) is 0 Å². The van der Waals surface area contributed by atoms with Crippen molar-refractivity contribution in [2.75, 3.05) is 0 Å². The molecule has 0 radical (unpaired) electrons. The molecule has 0 fully saturated rings. The van der Waals surface area contributed by atoms with E-state index in [0.29, 0.717) is 11.8 Å². The van der Waals surface area contributed by atoms with Crippen LogP contribution in [-0.2, 0) is 17.9 Å². The van der Waals surface area contributed by atoms with E-state index in [2.05, 4.69) is 120 Å². The molecule has 0 N–H and O–H groups in total. The third-order valence-electron chi connectivity index (χ3n) is 8.64. The third-order valence-corrected chi connectivity index (χ3v) is 22.9. The van der Waals surface area contributed by atoms with Crippen LogP contribution in [0.4, 0.5) is 0 Å². The molecule has 1 aliphatic heterocycles. The molecule has 6 rings (SSSR count). The molecule has 0 spiro atoms.